The van der Waals surface area contributed by atoms with Crippen molar-refractivity contribution in [2.24, 2.45) is 10.9 Å². The molecule has 0 aromatic heterocycles. The van der Waals surface area contributed by atoms with E-state index in [0.717, 1.165) is 18.2 Å². The summed E-state index contributed by atoms with van der Waals surface area (Å²) >= 11 is 0. The van der Waals surface area contributed by atoms with Gasteiger partial charge in [0.2, 0.25) is 0 Å². The molecule has 0 spiro atoms. The molecule has 15 heavy (non-hydrogen) atoms. The van der Waals surface area contributed by atoms with Gasteiger partial charge < -0.3 is 0 Å². The van der Waals surface area contributed by atoms with E-state index in [4.69, 9.17) is 4.99 Å². The number of hydrogen-bond donors (Lipinski definition) is 0. The Labute approximate surface area is 90.6 Å². The van der Waals surface area contributed by atoms with Gasteiger partial charge in [-0.1, -0.05) is 18.2 Å². The molecular formula is C13H16N2. The molecule has 0 saturated carbocycles. The van der Waals surface area contributed by atoms with Gasteiger partial charge in [0.15, 0.2) is 0 Å². The van der Waals surface area contributed by atoms with Crippen molar-refractivity contribution >= 4 is 11.4 Å². The van der Waals surface area contributed by atoms with Gasteiger partial charge in [-0.05, 0) is 38.1 Å². The van der Waals surface area contributed by atoms with E-state index >= 15 is 0 Å². The number of fused-ring (bicyclic) bond motifs is 3. The number of rotatable bonds is 1. The molecule has 0 N–H and O–H groups in total. The number of para-hydroxylation sites is 1. The highest BCUT2D eigenvalue weighted by Gasteiger charge is 2.30. The average molecular weight is 200 g/mol. The van der Waals surface area contributed by atoms with Gasteiger partial charge in [0.25, 0.3) is 0 Å². The van der Waals surface area contributed by atoms with Crippen LogP contribution in [-0.4, -0.2) is 30.2 Å². The van der Waals surface area contributed by atoms with E-state index in [1.54, 1.807) is 0 Å². The average Bonchev–Trinajstić information content (AvgIpc) is 2.32. The van der Waals surface area contributed by atoms with Gasteiger partial charge in [-0.25, -0.2) is 0 Å². The molecule has 2 heteroatoms. The van der Waals surface area contributed by atoms with Gasteiger partial charge in [0.1, 0.15) is 0 Å². The molecule has 2 nitrogen and oxygen atoms in total. The zero-order chi connectivity index (χ0) is 10.1. The first-order chi connectivity index (χ1) is 7.42. The fraction of sp³-hybridized carbons (Fsp3) is 0.462. The molecule has 0 atom stereocenters. The summed E-state index contributed by atoms with van der Waals surface area (Å²) in [7, 11) is 0. The summed E-state index contributed by atoms with van der Waals surface area (Å²) in [4.78, 5) is 7.29. The normalized spacial score (nSPS) is 32.1. The van der Waals surface area contributed by atoms with E-state index in [1.165, 1.54) is 31.6 Å². The lowest BCUT2D eigenvalue weighted by molar-refractivity contribution is 0.200. The SMILES string of the molecule is c1ccc(/N=C2\CN3CCC2CC3)cc1. The van der Waals surface area contributed by atoms with E-state index in [-0.39, 0.29) is 0 Å². The monoisotopic (exact) mass is 200 g/mol. The summed E-state index contributed by atoms with van der Waals surface area (Å²) in [5.41, 5.74) is 2.51. The van der Waals surface area contributed by atoms with Crippen LogP contribution in [0.2, 0.25) is 0 Å². The maximum absolute atomic E-state index is 4.78. The summed E-state index contributed by atoms with van der Waals surface area (Å²) in [6.45, 7) is 3.65. The molecule has 3 aliphatic heterocycles. The predicted octanol–water partition coefficient (Wildman–Crippen LogP) is 2.48. The molecule has 3 heterocycles. The van der Waals surface area contributed by atoms with Crippen LogP contribution in [0, 0.1) is 5.92 Å². The van der Waals surface area contributed by atoms with Crippen molar-refractivity contribution in [1.29, 1.82) is 0 Å². The van der Waals surface area contributed by atoms with Crippen molar-refractivity contribution in [2.75, 3.05) is 19.6 Å². The summed E-state index contributed by atoms with van der Waals surface area (Å²) in [6, 6.07) is 10.3. The van der Waals surface area contributed by atoms with Gasteiger partial charge in [-0.15, -0.1) is 0 Å². The lowest BCUT2D eigenvalue weighted by Crippen LogP contribution is -2.47. The molecule has 0 unspecified atom stereocenters. The van der Waals surface area contributed by atoms with E-state index in [1.807, 2.05) is 6.07 Å². The molecule has 0 radical (unpaired) electrons. The van der Waals surface area contributed by atoms with Crippen LogP contribution in [0.5, 0.6) is 0 Å². The maximum atomic E-state index is 4.78. The summed E-state index contributed by atoms with van der Waals surface area (Å²) < 4.78 is 0. The minimum absolute atomic E-state index is 0.759. The lowest BCUT2D eigenvalue weighted by atomic mass is 9.86. The molecule has 0 amide bonds. The van der Waals surface area contributed by atoms with Crippen molar-refractivity contribution in [2.45, 2.75) is 12.8 Å². The van der Waals surface area contributed by atoms with E-state index in [2.05, 4.69) is 29.2 Å². The Hall–Kier alpha value is -1.15. The highest BCUT2D eigenvalue weighted by molar-refractivity contribution is 5.92. The number of hydrogen-bond acceptors (Lipinski definition) is 2. The van der Waals surface area contributed by atoms with Crippen molar-refractivity contribution in [3.63, 3.8) is 0 Å². The molecule has 3 saturated heterocycles. The second kappa shape index (κ2) is 3.78. The largest absolute Gasteiger partial charge is 0.298 e. The van der Waals surface area contributed by atoms with Crippen molar-refractivity contribution in [3.8, 4) is 0 Å². The standard InChI is InChI=1S/C13H16N2/c1-2-4-12(5-3-1)14-13-10-15-8-6-11(13)7-9-15/h1-5,11H,6-10H2/b14-13+. The Kier molecular flexibility index (Phi) is 2.29. The van der Waals surface area contributed by atoms with Crippen LogP contribution in [0.15, 0.2) is 35.3 Å². The first-order valence-corrected chi connectivity index (χ1v) is 5.77. The lowest BCUT2D eigenvalue weighted by Gasteiger charge is -2.39. The van der Waals surface area contributed by atoms with Crippen LogP contribution >= 0.6 is 0 Å². The Morgan fingerprint density at radius 2 is 1.80 bits per heavy atom. The topological polar surface area (TPSA) is 15.6 Å². The third-order valence-corrected chi connectivity index (χ3v) is 3.47. The fourth-order valence-electron chi connectivity index (χ4n) is 2.58. The minimum Gasteiger partial charge on any atom is -0.298 e. The zero-order valence-corrected chi connectivity index (χ0v) is 8.89. The predicted molar refractivity (Wildman–Crippen MR) is 62.7 cm³/mol. The third kappa shape index (κ3) is 1.82. The van der Waals surface area contributed by atoms with Crippen LogP contribution in [0.1, 0.15) is 12.8 Å². The van der Waals surface area contributed by atoms with Crippen LogP contribution in [-0.2, 0) is 0 Å². The Balaban J connectivity index is 1.85. The Morgan fingerprint density at radius 3 is 2.40 bits per heavy atom. The molecule has 3 fully saturated rings. The second-order valence-electron chi connectivity index (χ2n) is 4.49. The van der Waals surface area contributed by atoms with E-state index < -0.39 is 0 Å². The van der Waals surface area contributed by atoms with Gasteiger partial charge in [0, 0.05) is 18.2 Å². The van der Waals surface area contributed by atoms with Crippen LogP contribution in [0.25, 0.3) is 0 Å². The van der Waals surface area contributed by atoms with Crippen molar-refractivity contribution < 1.29 is 0 Å². The van der Waals surface area contributed by atoms with Crippen molar-refractivity contribution in [3.05, 3.63) is 30.3 Å². The van der Waals surface area contributed by atoms with Crippen LogP contribution < -0.4 is 0 Å². The molecule has 0 aliphatic carbocycles. The third-order valence-electron chi connectivity index (χ3n) is 3.47. The number of nitrogens with zero attached hydrogens (tertiary/aromatic N) is 2. The number of benzene rings is 1. The summed E-state index contributed by atoms with van der Waals surface area (Å²) in [5, 5.41) is 0. The molecule has 4 rings (SSSR count). The number of aliphatic imine (C=N–C) groups is 1. The zero-order valence-electron chi connectivity index (χ0n) is 8.89. The van der Waals surface area contributed by atoms with Crippen LogP contribution in [0.3, 0.4) is 0 Å². The second-order valence-corrected chi connectivity index (χ2v) is 4.49. The first-order valence-electron chi connectivity index (χ1n) is 5.77. The highest BCUT2D eigenvalue weighted by Crippen LogP contribution is 2.27. The highest BCUT2D eigenvalue weighted by atomic mass is 15.2. The Morgan fingerprint density at radius 1 is 1.07 bits per heavy atom. The Bertz CT molecular complexity index is 361. The smallest absolute Gasteiger partial charge is 0.0629 e. The fourth-order valence-corrected chi connectivity index (χ4v) is 2.58. The molecule has 2 bridgehead atoms. The van der Waals surface area contributed by atoms with Crippen molar-refractivity contribution in [1.82, 2.24) is 4.90 Å². The molecule has 1 aromatic rings. The molecular weight excluding hydrogens is 184 g/mol. The maximum Gasteiger partial charge on any atom is 0.0629 e. The van der Waals surface area contributed by atoms with E-state index in [9.17, 15) is 0 Å². The molecule has 3 aliphatic rings. The quantitative estimate of drug-likeness (QED) is 0.680. The van der Waals surface area contributed by atoms with Crippen LogP contribution in [0.4, 0.5) is 5.69 Å². The summed E-state index contributed by atoms with van der Waals surface area (Å²) in [6.07, 6.45) is 2.62. The first kappa shape index (κ1) is 9.10. The van der Waals surface area contributed by atoms with E-state index in [0.29, 0.717) is 0 Å². The number of piperidine rings is 3. The summed E-state index contributed by atoms with van der Waals surface area (Å²) in [5.74, 6) is 0.759. The molecule has 1 aromatic carbocycles. The van der Waals surface area contributed by atoms with Gasteiger partial charge >= 0.3 is 0 Å². The minimum atomic E-state index is 0.759. The van der Waals surface area contributed by atoms with Gasteiger partial charge in [0.05, 0.1) is 5.69 Å². The van der Waals surface area contributed by atoms with Gasteiger partial charge in [-0.2, -0.15) is 0 Å². The van der Waals surface area contributed by atoms with Gasteiger partial charge in [-0.3, -0.25) is 9.89 Å². The molecule has 78 valence electrons.